The number of rotatable bonds is 7. The first-order chi connectivity index (χ1) is 15.0. The van der Waals surface area contributed by atoms with Gasteiger partial charge in [-0.3, -0.25) is 14.3 Å². The number of hydrogen-bond donors (Lipinski definition) is 2. The van der Waals surface area contributed by atoms with Crippen molar-refractivity contribution in [3.8, 4) is 0 Å². The van der Waals surface area contributed by atoms with Gasteiger partial charge in [0.2, 0.25) is 11.8 Å². The van der Waals surface area contributed by atoms with Crippen LogP contribution in [0.1, 0.15) is 22.9 Å². The third-order valence-electron chi connectivity index (χ3n) is 4.82. The Labute approximate surface area is 177 Å². The van der Waals surface area contributed by atoms with Crippen LogP contribution < -0.4 is 21.9 Å². The van der Waals surface area contributed by atoms with Crippen molar-refractivity contribution in [2.45, 2.75) is 26.6 Å². The Hall–Kier alpha value is -4.14. The first-order valence-corrected chi connectivity index (χ1v) is 9.75. The van der Waals surface area contributed by atoms with E-state index in [1.54, 1.807) is 11.8 Å². The zero-order valence-electron chi connectivity index (χ0n) is 17.0. The normalized spacial score (nSPS) is 10.9. The number of hydrogen-bond acceptors (Lipinski definition) is 7. The molecule has 0 atom stereocenters. The van der Waals surface area contributed by atoms with Gasteiger partial charge >= 0.3 is 5.69 Å². The largest absolute Gasteiger partial charge is 0.424 e. The summed E-state index contributed by atoms with van der Waals surface area (Å²) in [5.74, 6) is 0.836. The lowest BCUT2D eigenvalue weighted by Gasteiger charge is -2.25. The minimum Gasteiger partial charge on any atom is -0.424 e. The molecule has 3 N–H and O–H groups in total. The lowest BCUT2D eigenvalue weighted by atomic mass is 10.2. The third kappa shape index (κ3) is 4.55. The molecule has 0 amide bonds. The molecule has 2 heterocycles. The van der Waals surface area contributed by atoms with Gasteiger partial charge in [0.15, 0.2) is 0 Å². The van der Waals surface area contributed by atoms with E-state index in [0.717, 1.165) is 11.1 Å². The fourth-order valence-corrected chi connectivity index (χ4v) is 3.39. The minimum absolute atomic E-state index is 0.0739. The molecule has 0 aliphatic carbocycles. The predicted molar refractivity (Wildman–Crippen MR) is 117 cm³/mol. The SMILES string of the molecule is Cc1nnc(CN(Cc2ccccc2)c2c(N)n(Cc3ccccc3)c(=O)[nH]c2=O)o1. The van der Waals surface area contributed by atoms with E-state index in [1.807, 2.05) is 60.7 Å². The maximum Gasteiger partial charge on any atom is 0.330 e. The molecular weight excluding hydrogens is 396 g/mol. The fourth-order valence-electron chi connectivity index (χ4n) is 3.39. The van der Waals surface area contributed by atoms with Crippen LogP contribution in [-0.4, -0.2) is 19.7 Å². The van der Waals surface area contributed by atoms with Crippen molar-refractivity contribution in [1.29, 1.82) is 0 Å². The molecule has 0 bridgehead atoms. The summed E-state index contributed by atoms with van der Waals surface area (Å²) in [5.41, 5.74) is 7.26. The van der Waals surface area contributed by atoms with Crippen molar-refractivity contribution < 1.29 is 4.42 Å². The van der Waals surface area contributed by atoms with Gasteiger partial charge in [0.05, 0.1) is 13.1 Å². The Morgan fingerprint density at radius 3 is 2.23 bits per heavy atom. The van der Waals surface area contributed by atoms with Gasteiger partial charge in [-0.1, -0.05) is 60.7 Å². The van der Waals surface area contributed by atoms with E-state index in [-0.39, 0.29) is 24.6 Å². The first-order valence-electron chi connectivity index (χ1n) is 9.75. The van der Waals surface area contributed by atoms with E-state index in [9.17, 15) is 9.59 Å². The molecule has 158 valence electrons. The molecule has 9 nitrogen and oxygen atoms in total. The average molecular weight is 418 g/mol. The summed E-state index contributed by atoms with van der Waals surface area (Å²) in [6.07, 6.45) is 0. The van der Waals surface area contributed by atoms with Gasteiger partial charge < -0.3 is 15.1 Å². The lowest BCUT2D eigenvalue weighted by Crippen LogP contribution is -2.38. The average Bonchev–Trinajstić information content (AvgIpc) is 3.17. The van der Waals surface area contributed by atoms with Crippen LogP contribution in [0.4, 0.5) is 11.5 Å². The second-order valence-electron chi connectivity index (χ2n) is 7.12. The van der Waals surface area contributed by atoms with Crippen LogP contribution in [0.3, 0.4) is 0 Å². The molecule has 0 saturated heterocycles. The second kappa shape index (κ2) is 8.70. The highest BCUT2D eigenvalue weighted by Crippen LogP contribution is 2.22. The highest BCUT2D eigenvalue weighted by atomic mass is 16.4. The second-order valence-corrected chi connectivity index (χ2v) is 7.12. The predicted octanol–water partition coefficient (Wildman–Crippen LogP) is 2.07. The van der Waals surface area contributed by atoms with Gasteiger partial charge in [-0.2, -0.15) is 0 Å². The lowest BCUT2D eigenvalue weighted by molar-refractivity contribution is 0.461. The molecule has 4 rings (SSSR count). The molecule has 0 aliphatic rings. The van der Waals surface area contributed by atoms with E-state index in [4.69, 9.17) is 10.2 Å². The van der Waals surface area contributed by atoms with E-state index >= 15 is 0 Å². The molecule has 0 aliphatic heterocycles. The molecule has 4 aromatic rings. The van der Waals surface area contributed by atoms with Crippen LogP contribution in [-0.2, 0) is 19.6 Å². The Bertz CT molecular complexity index is 1280. The zero-order chi connectivity index (χ0) is 21.8. The summed E-state index contributed by atoms with van der Waals surface area (Å²) in [4.78, 5) is 29.5. The van der Waals surface area contributed by atoms with Crippen LogP contribution in [0.2, 0.25) is 0 Å². The summed E-state index contributed by atoms with van der Waals surface area (Å²) in [5, 5.41) is 7.90. The van der Waals surface area contributed by atoms with Crippen LogP contribution >= 0.6 is 0 Å². The van der Waals surface area contributed by atoms with Crippen molar-refractivity contribution in [2.75, 3.05) is 10.6 Å². The number of H-pyrrole nitrogens is 1. The highest BCUT2D eigenvalue weighted by molar-refractivity contribution is 5.62. The number of nitrogens with one attached hydrogen (secondary N) is 1. The van der Waals surface area contributed by atoms with Crippen LogP contribution in [0.25, 0.3) is 0 Å². The van der Waals surface area contributed by atoms with Crippen LogP contribution in [0, 0.1) is 6.92 Å². The number of aromatic amines is 1. The van der Waals surface area contributed by atoms with E-state index in [0.29, 0.717) is 18.3 Å². The van der Waals surface area contributed by atoms with Crippen molar-refractivity contribution in [2.24, 2.45) is 0 Å². The Morgan fingerprint density at radius 2 is 1.61 bits per heavy atom. The maximum absolute atomic E-state index is 12.8. The summed E-state index contributed by atoms with van der Waals surface area (Å²) in [6, 6.07) is 19.0. The van der Waals surface area contributed by atoms with Gasteiger partial charge in [0, 0.05) is 13.5 Å². The van der Waals surface area contributed by atoms with Crippen molar-refractivity contribution in [1.82, 2.24) is 19.7 Å². The van der Waals surface area contributed by atoms with Crippen molar-refractivity contribution in [3.05, 3.63) is 104 Å². The van der Waals surface area contributed by atoms with Gasteiger partial charge in [0.25, 0.3) is 5.56 Å². The Morgan fingerprint density at radius 1 is 0.968 bits per heavy atom. The first kappa shape index (κ1) is 20.1. The number of aromatic nitrogens is 4. The molecular formula is C22H22N6O3. The molecule has 2 aromatic carbocycles. The monoisotopic (exact) mass is 418 g/mol. The van der Waals surface area contributed by atoms with Crippen molar-refractivity contribution in [3.63, 3.8) is 0 Å². The molecule has 31 heavy (non-hydrogen) atoms. The van der Waals surface area contributed by atoms with Gasteiger partial charge in [0.1, 0.15) is 11.5 Å². The number of benzene rings is 2. The fraction of sp³-hybridized carbons (Fsp3) is 0.182. The number of aryl methyl sites for hydroxylation is 1. The zero-order valence-corrected chi connectivity index (χ0v) is 17.0. The third-order valence-corrected chi connectivity index (χ3v) is 4.82. The highest BCUT2D eigenvalue weighted by Gasteiger charge is 2.21. The summed E-state index contributed by atoms with van der Waals surface area (Å²) in [7, 11) is 0. The Balaban J connectivity index is 1.78. The molecule has 0 fully saturated rings. The topological polar surface area (TPSA) is 123 Å². The van der Waals surface area contributed by atoms with E-state index in [1.165, 1.54) is 4.57 Å². The Kier molecular flexibility index (Phi) is 5.65. The summed E-state index contributed by atoms with van der Waals surface area (Å²) < 4.78 is 6.87. The molecule has 0 spiro atoms. The quantitative estimate of drug-likeness (QED) is 0.471. The number of nitrogens with zero attached hydrogens (tertiary/aromatic N) is 4. The number of nitrogen functional groups attached to an aromatic ring is 1. The molecule has 2 aromatic heterocycles. The molecule has 0 unspecified atom stereocenters. The van der Waals surface area contributed by atoms with E-state index < -0.39 is 11.2 Å². The number of anilines is 2. The minimum atomic E-state index is -0.570. The van der Waals surface area contributed by atoms with Gasteiger partial charge in [-0.15, -0.1) is 10.2 Å². The standard InChI is InChI=1S/C22H22N6O3/c1-15-25-26-18(31-15)14-27(12-16-8-4-2-5-9-16)19-20(23)28(22(30)24-21(19)29)13-17-10-6-3-7-11-17/h2-11H,12-14,23H2,1H3,(H,24,29,30). The smallest absolute Gasteiger partial charge is 0.330 e. The van der Waals surface area contributed by atoms with E-state index in [2.05, 4.69) is 15.2 Å². The van der Waals surface area contributed by atoms with Gasteiger partial charge in [-0.25, -0.2) is 4.79 Å². The number of nitrogens with two attached hydrogens (primary N) is 1. The summed E-state index contributed by atoms with van der Waals surface area (Å²) >= 11 is 0. The maximum atomic E-state index is 12.8. The molecule has 0 saturated carbocycles. The van der Waals surface area contributed by atoms with Crippen LogP contribution in [0.5, 0.6) is 0 Å². The molecule has 0 radical (unpaired) electrons. The van der Waals surface area contributed by atoms with Crippen molar-refractivity contribution >= 4 is 11.5 Å². The van der Waals surface area contributed by atoms with Crippen LogP contribution in [0.15, 0.2) is 74.7 Å². The molecule has 9 heteroatoms. The van der Waals surface area contributed by atoms with Gasteiger partial charge in [-0.05, 0) is 11.1 Å². The summed E-state index contributed by atoms with van der Waals surface area (Å²) in [6.45, 7) is 2.44.